The van der Waals surface area contributed by atoms with E-state index < -0.39 is 10.0 Å². The van der Waals surface area contributed by atoms with Crippen molar-refractivity contribution in [2.75, 3.05) is 20.2 Å². The molecule has 2 aliphatic rings. The van der Waals surface area contributed by atoms with E-state index in [2.05, 4.69) is 9.62 Å². The molecule has 5 nitrogen and oxygen atoms in total. The second-order valence-electron chi connectivity index (χ2n) is 7.06. The number of methoxy groups -OCH3 is 1. The summed E-state index contributed by atoms with van der Waals surface area (Å²) in [6.45, 7) is 5.56. The van der Waals surface area contributed by atoms with E-state index in [9.17, 15) is 8.42 Å². The Kier molecular flexibility index (Phi) is 5.18. The summed E-state index contributed by atoms with van der Waals surface area (Å²) in [5.41, 5.74) is 1.63. The average molecular weight is 353 g/mol. The van der Waals surface area contributed by atoms with Gasteiger partial charge in [-0.2, -0.15) is 0 Å². The highest BCUT2D eigenvalue weighted by molar-refractivity contribution is 7.89. The predicted molar refractivity (Wildman–Crippen MR) is 95.0 cm³/mol. The van der Waals surface area contributed by atoms with Gasteiger partial charge in [-0.05, 0) is 56.4 Å². The van der Waals surface area contributed by atoms with Crippen LogP contribution >= 0.6 is 0 Å². The molecular formula is C18H28N2O3S. The van der Waals surface area contributed by atoms with Crippen LogP contribution in [-0.2, 0) is 10.0 Å². The maximum absolute atomic E-state index is 12.8. The van der Waals surface area contributed by atoms with Crippen molar-refractivity contribution in [3.05, 3.63) is 23.3 Å². The molecule has 1 atom stereocenters. The van der Waals surface area contributed by atoms with Crippen molar-refractivity contribution < 1.29 is 13.2 Å². The van der Waals surface area contributed by atoms with Gasteiger partial charge in [-0.1, -0.05) is 12.8 Å². The third-order valence-corrected chi connectivity index (χ3v) is 7.24. The Hall–Kier alpha value is -1.11. The number of likely N-dealkylation sites (tertiary alicyclic amines) is 1. The van der Waals surface area contributed by atoms with Crippen LogP contribution in [0.5, 0.6) is 5.75 Å². The summed E-state index contributed by atoms with van der Waals surface area (Å²) in [6.07, 6.45) is 6.03. The summed E-state index contributed by atoms with van der Waals surface area (Å²) < 4.78 is 33.8. The summed E-state index contributed by atoms with van der Waals surface area (Å²) in [5.74, 6) is 0.722. The number of hydrogen-bond donors (Lipinski definition) is 1. The van der Waals surface area contributed by atoms with Crippen molar-refractivity contribution in [1.82, 2.24) is 9.62 Å². The van der Waals surface area contributed by atoms with Crippen LogP contribution in [0.25, 0.3) is 0 Å². The largest absolute Gasteiger partial charge is 0.496 e. The first-order chi connectivity index (χ1) is 11.4. The molecule has 1 aromatic rings. The van der Waals surface area contributed by atoms with Crippen LogP contribution in [0.15, 0.2) is 17.0 Å². The molecule has 1 heterocycles. The normalized spacial score (nSPS) is 23.0. The molecule has 1 saturated carbocycles. The van der Waals surface area contributed by atoms with Gasteiger partial charge in [0.25, 0.3) is 0 Å². The number of benzene rings is 1. The Labute approximate surface area is 145 Å². The molecule has 1 saturated heterocycles. The molecule has 1 aromatic carbocycles. The van der Waals surface area contributed by atoms with Crippen molar-refractivity contribution in [2.24, 2.45) is 0 Å². The molecule has 0 bridgehead atoms. The molecule has 134 valence electrons. The molecule has 24 heavy (non-hydrogen) atoms. The Bertz CT molecular complexity index is 696. The van der Waals surface area contributed by atoms with E-state index in [0.717, 1.165) is 36.4 Å². The maximum Gasteiger partial charge on any atom is 0.241 e. The molecule has 1 N–H and O–H groups in total. The molecule has 0 spiro atoms. The highest BCUT2D eigenvalue weighted by Gasteiger charge is 2.32. The van der Waals surface area contributed by atoms with Crippen LogP contribution in [0, 0.1) is 13.8 Å². The second kappa shape index (κ2) is 7.02. The van der Waals surface area contributed by atoms with Crippen LogP contribution in [0.2, 0.25) is 0 Å². The van der Waals surface area contributed by atoms with E-state index in [1.54, 1.807) is 19.2 Å². The zero-order valence-corrected chi connectivity index (χ0v) is 15.7. The monoisotopic (exact) mass is 352 g/mol. The van der Waals surface area contributed by atoms with Crippen molar-refractivity contribution in [2.45, 2.75) is 62.9 Å². The Morgan fingerprint density at radius 3 is 2.50 bits per heavy atom. The molecule has 1 aliphatic carbocycles. The van der Waals surface area contributed by atoms with Crippen molar-refractivity contribution in [3.63, 3.8) is 0 Å². The molecule has 0 radical (unpaired) electrons. The molecule has 0 amide bonds. The van der Waals surface area contributed by atoms with Crippen molar-refractivity contribution in [1.29, 1.82) is 0 Å². The fraction of sp³-hybridized carbons (Fsp3) is 0.667. The van der Waals surface area contributed by atoms with Crippen LogP contribution in [0.3, 0.4) is 0 Å². The van der Waals surface area contributed by atoms with Gasteiger partial charge in [0, 0.05) is 25.2 Å². The first-order valence-electron chi connectivity index (χ1n) is 8.83. The summed E-state index contributed by atoms with van der Waals surface area (Å²) in [6, 6.07) is 4.05. The fourth-order valence-electron chi connectivity index (χ4n) is 4.05. The molecule has 1 aliphatic heterocycles. The SMILES string of the molecule is COc1ccc(S(=O)(=O)NC2CCN(C3CCCC3)C2)c(C)c1C. The number of sulfonamides is 1. The molecule has 3 rings (SSSR count). The lowest BCUT2D eigenvalue weighted by atomic mass is 10.1. The summed E-state index contributed by atoms with van der Waals surface area (Å²) in [7, 11) is -1.90. The summed E-state index contributed by atoms with van der Waals surface area (Å²) in [4.78, 5) is 2.83. The molecule has 1 unspecified atom stereocenters. The Morgan fingerprint density at radius 1 is 1.12 bits per heavy atom. The summed E-state index contributed by atoms with van der Waals surface area (Å²) in [5, 5.41) is 0. The highest BCUT2D eigenvalue weighted by atomic mass is 32.2. The van der Waals surface area contributed by atoms with Gasteiger partial charge in [0.2, 0.25) is 10.0 Å². The standard InChI is InChI=1S/C18H28N2O3S/c1-13-14(2)18(9-8-17(13)23-3)24(21,22)19-15-10-11-20(12-15)16-6-4-5-7-16/h8-9,15-16,19H,4-7,10-12H2,1-3H3. The highest BCUT2D eigenvalue weighted by Crippen LogP contribution is 2.29. The number of ether oxygens (including phenoxy) is 1. The topological polar surface area (TPSA) is 58.6 Å². The van der Waals surface area contributed by atoms with E-state index in [1.807, 2.05) is 13.8 Å². The maximum atomic E-state index is 12.8. The van der Waals surface area contributed by atoms with Crippen LogP contribution in [0.4, 0.5) is 0 Å². The second-order valence-corrected chi connectivity index (χ2v) is 8.74. The minimum absolute atomic E-state index is 0.0115. The first-order valence-corrected chi connectivity index (χ1v) is 10.3. The molecule has 6 heteroatoms. The Balaban J connectivity index is 1.72. The predicted octanol–water partition coefficient (Wildman–Crippen LogP) is 2.61. The number of nitrogens with zero attached hydrogens (tertiary/aromatic N) is 1. The van der Waals surface area contributed by atoms with Gasteiger partial charge in [-0.15, -0.1) is 0 Å². The van der Waals surface area contributed by atoms with E-state index in [0.29, 0.717) is 10.9 Å². The smallest absolute Gasteiger partial charge is 0.241 e. The van der Waals surface area contributed by atoms with Gasteiger partial charge in [-0.3, -0.25) is 4.90 Å². The van der Waals surface area contributed by atoms with Gasteiger partial charge < -0.3 is 4.74 Å². The van der Waals surface area contributed by atoms with E-state index in [1.165, 1.54) is 25.7 Å². The number of rotatable bonds is 5. The fourth-order valence-corrected chi connectivity index (χ4v) is 5.61. The minimum atomic E-state index is -3.50. The van der Waals surface area contributed by atoms with Gasteiger partial charge in [0.1, 0.15) is 5.75 Å². The average Bonchev–Trinajstić information content (AvgIpc) is 3.20. The molecular weight excluding hydrogens is 324 g/mol. The van der Waals surface area contributed by atoms with Crippen molar-refractivity contribution in [3.8, 4) is 5.75 Å². The summed E-state index contributed by atoms with van der Waals surface area (Å²) >= 11 is 0. The van der Waals surface area contributed by atoms with E-state index >= 15 is 0 Å². The molecule has 0 aromatic heterocycles. The van der Waals surface area contributed by atoms with E-state index in [4.69, 9.17) is 4.74 Å². The third-order valence-electron chi connectivity index (χ3n) is 5.58. The first kappa shape index (κ1) is 17.7. The lowest BCUT2D eigenvalue weighted by molar-refractivity contribution is 0.242. The van der Waals surface area contributed by atoms with Gasteiger partial charge in [0.05, 0.1) is 12.0 Å². The van der Waals surface area contributed by atoms with Gasteiger partial charge in [-0.25, -0.2) is 13.1 Å². The molecule has 2 fully saturated rings. The number of nitrogens with one attached hydrogen (secondary N) is 1. The van der Waals surface area contributed by atoms with E-state index in [-0.39, 0.29) is 6.04 Å². The zero-order valence-electron chi connectivity index (χ0n) is 14.8. The van der Waals surface area contributed by atoms with Crippen LogP contribution in [-0.4, -0.2) is 45.6 Å². The van der Waals surface area contributed by atoms with Crippen LogP contribution < -0.4 is 9.46 Å². The lowest BCUT2D eigenvalue weighted by Crippen LogP contribution is -2.39. The van der Waals surface area contributed by atoms with Gasteiger partial charge >= 0.3 is 0 Å². The zero-order chi connectivity index (χ0) is 17.3. The number of hydrogen-bond acceptors (Lipinski definition) is 4. The quantitative estimate of drug-likeness (QED) is 0.885. The lowest BCUT2D eigenvalue weighted by Gasteiger charge is -2.23. The van der Waals surface area contributed by atoms with Crippen molar-refractivity contribution >= 4 is 10.0 Å². The van der Waals surface area contributed by atoms with Crippen LogP contribution in [0.1, 0.15) is 43.2 Å². The van der Waals surface area contributed by atoms with Gasteiger partial charge in [0.15, 0.2) is 0 Å². The minimum Gasteiger partial charge on any atom is -0.496 e. The third kappa shape index (κ3) is 3.46. The Morgan fingerprint density at radius 2 is 1.83 bits per heavy atom.